The smallest absolute Gasteiger partial charge is 0.232 e. The van der Waals surface area contributed by atoms with Crippen LogP contribution < -0.4 is 14.4 Å². The van der Waals surface area contributed by atoms with Gasteiger partial charge in [0.2, 0.25) is 15.9 Å². The summed E-state index contributed by atoms with van der Waals surface area (Å²) in [5, 5.41) is 3.34. The van der Waals surface area contributed by atoms with Crippen molar-refractivity contribution < 1.29 is 17.9 Å². The molecule has 6 nitrogen and oxygen atoms in total. The van der Waals surface area contributed by atoms with Crippen LogP contribution in [0, 0.1) is 13.8 Å². The number of hydrogen-bond acceptors (Lipinski definition) is 4. The Bertz CT molecular complexity index is 1050. The molecule has 0 radical (unpaired) electrons. The van der Waals surface area contributed by atoms with E-state index in [2.05, 4.69) is 5.32 Å². The summed E-state index contributed by atoms with van der Waals surface area (Å²) in [5.74, 6) is 0.553. The minimum atomic E-state index is -3.63. The van der Waals surface area contributed by atoms with Crippen molar-refractivity contribution in [3.63, 3.8) is 0 Å². The summed E-state index contributed by atoms with van der Waals surface area (Å²) < 4.78 is 31.2. The highest BCUT2D eigenvalue weighted by Gasteiger charge is 2.21. The van der Waals surface area contributed by atoms with E-state index in [4.69, 9.17) is 39.5 Å². The molecule has 10 heteroatoms. The Balaban J connectivity index is 1.83. The lowest BCUT2D eigenvalue weighted by Crippen LogP contribution is -2.33. The number of rotatable bonds is 10. The van der Waals surface area contributed by atoms with Crippen molar-refractivity contribution >= 4 is 56.4 Å². The van der Waals surface area contributed by atoms with Gasteiger partial charge >= 0.3 is 0 Å². The summed E-state index contributed by atoms with van der Waals surface area (Å²) in [6, 6.07) is 8.61. The summed E-state index contributed by atoms with van der Waals surface area (Å²) in [6.07, 6.45) is 1.51. The van der Waals surface area contributed by atoms with Gasteiger partial charge in [-0.05, 0) is 55.7 Å². The molecule has 2 aromatic carbocycles. The lowest BCUT2D eigenvalue weighted by Gasteiger charge is -2.24. The van der Waals surface area contributed by atoms with Crippen LogP contribution in [-0.2, 0) is 14.8 Å². The van der Waals surface area contributed by atoms with Gasteiger partial charge in [-0.15, -0.1) is 0 Å². The van der Waals surface area contributed by atoms with E-state index in [0.29, 0.717) is 19.6 Å². The van der Waals surface area contributed by atoms with E-state index in [-0.39, 0.29) is 39.6 Å². The number of carbonyl (C=O) groups is 1. The SMILES string of the molecule is Cc1ccc(OCCNC(=O)CCCN(c2cc(Cl)c(Cl)cc2Cl)S(C)(=O)=O)cc1C. The highest BCUT2D eigenvalue weighted by molar-refractivity contribution is 7.92. The average molecular weight is 508 g/mol. The van der Waals surface area contributed by atoms with E-state index >= 15 is 0 Å². The van der Waals surface area contributed by atoms with Crippen LogP contribution in [0.3, 0.4) is 0 Å². The maximum absolute atomic E-state index is 12.2. The van der Waals surface area contributed by atoms with Crippen LogP contribution in [0.4, 0.5) is 5.69 Å². The van der Waals surface area contributed by atoms with Crippen LogP contribution in [-0.4, -0.2) is 40.3 Å². The number of halogens is 3. The quantitative estimate of drug-likeness (QED) is 0.362. The van der Waals surface area contributed by atoms with Crippen molar-refractivity contribution in [3.8, 4) is 5.75 Å². The van der Waals surface area contributed by atoms with Crippen LogP contribution in [0.5, 0.6) is 5.75 Å². The number of hydrogen-bond donors (Lipinski definition) is 1. The van der Waals surface area contributed by atoms with Crippen molar-refractivity contribution in [2.24, 2.45) is 0 Å². The molecule has 0 aliphatic carbocycles. The Hall–Kier alpha value is -1.67. The molecule has 0 aliphatic rings. The Morgan fingerprint density at radius 2 is 1.71 bits per heavy atom. The Kier molecular flexibility index (Phi) is 9.30. The number of benzene rings is 2. The molecule has 0 atom stereocenters. The number of nitrogens with zero attached hydrogens (tertiary/aromatic N) is 1. The molecule has 0 bridgehead atoms. The van der Waals surface area contributed by atoms with Gasteiger partial charge in [-0.2, -0.15) is 0 Å². The Morgan fingerprint density at radius 1 is 1.03 bits per heavy atom. The zero-order chi connectivity index (χ0) is 23.2. The number of ether oxygens (including phenoxy) is 1. The van der Waals surface area contributed by atoms with E-state index in [1.54, 1.807) is 0 Å². The number of carbonyl (C=O) groups excluding carboxylic acids is 1. The number of amides is 1. The standard InChI is InChI=1S/C21H25Cl3N2O4S/c1-14-6-7-16(11-15(14)2)30-10-8-25-21(27)5-4-9-26(31(3,28)29)20-13-18(23)17(22)12-19(20)24/h6-7,11-13H,4-5,8-10H2,1-3H3,(H,25,27). The molecular formula is C21H25Cl3N2O4S. The van der Waals surface area contributed by atoms with Gasteiger partial charge in [0, 0.05) is 13.0 Å². The summed E-state index contributed by atoms with van der Waals surface area (Å²) >= 11 is 18.1. The maximum atomic E-state index is 12.2. The summed E-state index contributed by atoms with van der Waals surface area (Å²) in [5.41, 5.74) is 2.55. The van der Waals surface area contributed by atoms with Gasteiger partial charge in [0.1, 0.15) is 12.4 Å². The van der Waals surface area contributed by atoms with E-state index in [9.17, 15) is 13.2 Å². The van der Waals surface area contributed by atoms with E-state index in [0.717, 1.165) is 21.9 Å². The molecule has 0 unspecified atom stereocenters. The third-order valence-electron chi connectivity index (χ3n) is 4.60. The maximum Gasteiger partial charge on any atom is 0.232 e. The molecule has 0 saturated carbocycles. The Morgan fingerprint density at radius 3 is 2.35 bits per heavy atom. The minimum absolute atomic E-state index is 0.0725. The molecule has 2 aromatic rings. The highest BCUT2D eigenvalue weighted by Crippen LogP contribution is 2.35. The molecule has 1 amide bonds. The summed E-state index contributed by atoms with van der Waals surface area (Å²) in [6.45, 7) is 4.79. The molecule has 0 fully saturated rings. The predicted octanol–water partition coefficient (Wildman–Crippen LogP) is 5.01. The fraction of sp³-hybridized carbons (Fsp3) is 0.381. The fourth-order valence-corrected chi connectivity index (χ4v) is 4.47. The molecule has 1 N–H and O–H groups in total. The van der Waals surface area contributed by atoms with Gasteiger partial charge in [0.05, 0.1) is 33.6 Å². The second-order valence-corrected chi connectivity index (χ2v) is 10.2. The van der Waals surface area contributed by atoms with E-state index in [1.165, 1.54) is 17.7 Å². The molecule has 0 aromatic heterocycles. The monoisotopic (exact) mass is 506 g/mol. The zero-order valence-electron chi connectivity index (χ0n) is 17.5. The lowest BCUT2D eigenvalue weighted by atomic mass is 10.1. The topological polar surface area (TPSA) is 75.7 Å². The van der Waals surface area contributed by atoms with E-state index < -0.39 is 10.0 Å². The van der Waals surface area contributed by atoms with Crippen molar-refractivity contribution in [3.05, 3.63) is 56.5 Å². The Labute approximate surface area is 198 Å². The van der Waals surface area contributed by atoms with Crippen LogP contribution in [0.2, 0.25) is 15.1 Å². The number of nitrogens with one attached hydrogen (secondary N) is 1. The summed E-state index contributed by atoms with van der Waals surface area (Å²) in [4.78, 5) is 12.1. The summed E-state index contributed by atoms with van der Waals surface area (Å²) in [7, 11) is -3.63. The third kappa shape index (κ3) is 7.75. The van der Waals surface area contributed by atoms with Crippen molar-refractivity contribution in [2.75, 3.05) is 30.3 Å². The molecular weight excluding hydrogens is 483 g/mol. The fourth-order valence-electron chi connectivity index (χ4n) is 2.80. The lowest BCUT2D eigenvalue weighted by molar-refractivity contribution is -0.121. The second-order valence-electron chi connectivity index (χ2n) is 7.10. The molecule has 0 aliphatic heterocycles. The normalized spacial score (nSPS) is 11.3. The average Bonchev–Trinajstić information content (AvgIpc) is 2.67. The second kappa shape index (κ2) is 11.3. The van der Waals surface area contributed by atoms with Gasteiger partial charge in [0.25, 0.3) is 0 Å². The first-order valence-electron chi connectivity index (χ1n) is 9.58. The van der Waals surface area contributed by atoms with Crippen LogP contribution in [0.15, 0.2) is 30.3 Å². The first-order valence-corrected chi connectivity index (χ1v) is 12.6. The third-order valence-corrected chi connectivity index (χ3v) is 6.80. The number of aryl methyl sites for hydroxylation is 2. The molecule has 170 valence electrons. The van der Waals surface area contributed by atoms with Gasteiger partial charge < -0.3 is 10.1 Å². The van der Waals surface area contributed by atoms with E-state index in [1.807, 2.05) is 32.0 Å². The van der Waals surface area contributed by atoms with Gasteiger partial charge in [-0.1, -0.05) is 40.9 Å². The van der Waals surface area contributed by atoms with Gasteiger partial charge in [0.15, 0.2) is 0 Å². The van der Waals surface area contributed by atoms with Crippen LogP contribution in [0.25, 0.3) is 0 Å². The van der Waals surface area contributed by atoms with Crippen molar-refractivity contribution in [1.82, 2.24) is 5.32 Å². The van der Waals surface area contributed by atoms with Gasteiger partial charge in [-0.3, -0.25) is 9.10 Å². The molecule has 0 heterocycles. The zero-order valence-corrected chi connectivity index (χ0v) is 20.6. The first-order chi connectivity index (χ1) is 14.5. The largest absolute Gasteiger partial charge is 0.492 e. The minimum Gasteiger partial charge on any atom is -0.492 e. The predicted molar refractivity (Wildman–Crippen MR) is 127 cm³/mol. The molecule has 0 spiro atoms. The molecule has 0 saturated heterocycles. The number of sulfonamides is 1. The molecule has 31 heavy (non-hydrogen) atoms. The van der Waals surface area contributed by atoms with Crippen LogP contribution in [0.1, 0.15) is 24.0 Å². The van der Waals surface area contributed by atoms with Gasteiger partial charge in [-0.25, -0.2) is 8.42 Å². The number of anilines is 1. The molecule has 2 rings (SSSR count). The van der Waals surface area contributed by atoms with Crippen molar-refractivity contribution in [1.29, 1.82) is 0 Å². The highest BCUT2D eigenvalue weighted by atomic mass is 35.5. The first kappa shape index (κ1) is 25.6. The van der Waals surface area contributed by atoms with Crippen LogP contribution >= 0.6 is 34.8 Å². The van der Waals surface area contributed by atoms with Crippen molar-refractivity contribution in [2.45, 2.75) is 26.7 Å².